The van der Waals surface area contributed by atoms with Gasteiger partial charge in [-0.3, -0.25) is 0 Å². The molecule has 1 heterocycles. The summed E-state index contributed by atoms with van der Waals surface area (Å²) < 4.78 is 33.6. The second-order valence-electron chi connectivity index (χ2n) is 5.64. The average molecular weight is 435 g/mol. The molecule has 144 valence electrons. The van der Waals surface area contributed by atoms with Crippen LogP contribution in [0.5, 0.6) is 0 Å². The SMILES string of the molecule is [2H]C([2H])([2H])N(C(=O)OCCCN(C)C)c1oc(-c2cc(Cl)cc(Cl)c2Cl)nc1C#N. The van der Waals surface area contributed by atoms with Crippen LogP contribution >= 0.6 is 34.8 Å². The number of carbonyl (C=O) groups excluding carboxylic acids is 1. The fourth-order valence-electron chi connectivity index (χ4n) is 2.05. The van der Waals surface area contributed by atoms with Crippen LogP contribution in [0, 0.1) is 11.3 Å². The topological polar surface area (TPSA) is 82.6 Å². The van der Waals surface area contributed by atoms with Crippen LogP contribution in [0.2, 0.25) is 15.1 Å². The van der Waals surface area contributed by atoms with E-state index < -0.39 is 24.6 Å². The van der Waals surface area contributed by atoms with Crippen LogP contribution in [0.4, 0.5) is 10.7 Å². The van der Waals surface area contributed by atoms with Crippen molar-refractivity contribution in [1.82, 2.24) is 9.88 Å². The first kappa shape index (κ1) is 17.1. The Morgan fingerprint density at radius 2 is 2.15 bits per heavy atom. The van der Waals surface area contributed by atoms with E-state index >= 15 is 0 Å². The van der Waals surface area contributed by atoms with Gasteiger partial charge in [-0.2, -0.15) is 10.2 Å². The summed E-state index contributed by atoms with van der Waals surface area (Å²) in [6.07, 6.45) is -0.722. The number of halogens is 3. The number of ether oxygens (including phenoxy) is 1. The molecule has 1 amide bonds. The number of amides is 1. The molecule has 0 bridgehead atoms. The van der Waals surface area contributed by atoms with Crippen molar-refractivity contribution in [2.45, 2.75) is 6.42 Å². The highest BCUT2D eigenvalue weighted by atomic mass is 35.5. The van der Waals surface area contributed by atoms with Gasteiger partial charge in [-0.25, -0.2) is 9.69 Å². The molecule has 0 N–H and O–H groups in total. The second kappa shape index (κ2) is 9.29. The van der Waals surface area contributed by atoms with E-state index in [9.17, 15) is 10.1 Å². The van der Waals surface area contributed by atoms with Crippen molar-refractivity contribution in [2.75, 3.05) is 39.1 Å². The smallest absolute Gasteiger partial charge is 0.416 e. The van der Waals surface area contributed by atoms with Crippen molar-refractivity contribution < 1.29 is 18.1 Å². The third kappa shape index (κ3) is 5.27. The zero-order chi connectivity index (χ0) is 22.6. The predicted molar refractivity (Wildman–Crippen MR) is 105 cm³/mol. The lowest BCUT2D eigenvalue weighted by Gasteiger charge is -2.15. The third-order valence-electron chi connectivity index (χ3n) is 3.30. The van der Waals surface area contributed by atoms with E-state index in [4.69, 9.17) is 48.1 Å². The molecule has 0 saturated carbocycles. The maximum absolute atomic E-state index is 12.5. The first-order valence-corrected chi connectivity index (χ1v) is 8.76. The molecule has 0 fully saturated rings. The molecule has 7 nitrogen and oxygen atoms in total. The van der Waals surface area contributed by atoms with E-state index in [1.165, 1.54) is 12.1 Å². The summed E-state index contributed by atoms with van der Waals surface area (Å²) in [5.74, 6) is -0.831. The van der Waals surface area contributed by atoms with Gasteiger partial charge in [-0.15, -0.1) is 0 Å². The lowest BCUT2D eigenvalue weighted by atomic mass is 10.2. The number of aromatic nitrogens is 1. The van der Waals surface area contributed by atoms with Gasteiger partial charge in [-0.1, -0.05) is 34.8 Å². The van der Waals surface area contributed by atoms with Gasteiger partial charge < -0.3 is 14.1 Å². The number of nitrogens with zero attached hydrogens (tertiary/aromatic N) is 4. The number of anilines is 1. The maximum atomic E-state index is 12.5. The van der Waals surface area contributed by atoms with E-state index in [0.717, 1.165) is 0 Å². The fourth-order valence-corrected chi connectivity index (χ4v) is 2.73. The zero-order valence-corrected chi connectivity index (χ0v) is 16.7. The van der Waals surface area contributed by atoms with Crippen LogP contribution < -0.4 is 4.90 Å². The Morgan fingerprint density at radius 3 is 2.78 bits per heavy atom. The summed E-state index contributed by atoms with van der Waals surface area (Å²) in [6.45, 7) is -2.40. The highest BCUT2D eigenvalue weighted by Crippen LogP contribution is 2.38. The van der Waals surface area contributed by atoms with Gasteiger partial charge in [0.05, 0.1) is 22.2 Å². The minimum Gasteiger partial charge on any atom is -0.449 e. The van der Waals surface area contributed by atoms with Gasteiger partial charge >= 0.3 is 6.09 Å². The fraction of sp³-hybridized carbons (Fsp3) is 0.353. The van der Waals surface area contributed by atoms with E-state index in [1.54, 1.807) is 6.07 Å². The molecule has 0 atom stereocenters. The molecule has 0 unspecified atom stereocenters. The summed E-state index contributed by atoms with van der Waals surface area (Å²) in [5.41, 5.74) is -0.319. The molecule has 0 saturated heterocycles. The Morgan fingerprint density at radius 1 is 1.41 bits per heavy atom. The minimum atomic E-state index is -3.00. The molecule has 2 rings (SSSR count). The normalized spacial score (nSPS) is 12.9. The number of carbonyl (C=O) groups is 1. The number of hydrogen-bond acceptors (Lipinski definition) is 6. The van der Waals surface area contributed by atoms with Crippen LogP contribution in [-0.2, 0) is 4.74 Å². The average Bonchev–Trinajstić information content (AvgIpc) is 3.04. The maximum Gasteiger partial charge on any atom is 0.416 e. The summed E-state index contributed by atoms with van der Waals surface area (Å²) in [5, 5.41) is 9.75. The monoisotopic (exact) mass is 433 g/mol. The van der Waals surface area contributed by atoms with Gasteiger partial charge in [0.15, 0.2) is 0 Å². The van der Waals surface area contributed by atoms with E-state index in [-0.39, 0.29) is 38.0 Å². The van der Waals surface area contributed by atoms with Crippen molar-refractivity contribution in [3.8, 4) is 17.5 Å². The Labute approximate surface area is 176 Å². The van der Waals surface area contributed by atoms with Gasteiger partial charge in [-0.05, 0) is 32.6 Å². The van der Waals surface area contributed by atoms with E-state index in [0.29, 0.717) is 13.0 Å². The Balaban J connectivity index is 2.43. The molecular formula is C17H17Cl3N4O3. The van der Waals surface area contributed by atoms with Crippen molar-refractivity contribution in [3.05, 3.63) is 32.9 Å². The van der Waals surface area contributed by atoms with Crippen molar-refractivity contribution >= 4 is 46.8 Å². The minimum absolute atomic E-state index is 0.0256. The highest BCUT2D eigenvalue weighted by molar-refractivity contribution is 6.44. The molecule has 10 heteroatoms. The van der Waals surface area contributed by atoms with Gasteiger partial charge in [0.1, 0.15) is 6.07 Å². The Hall–Kier alpha value is -1.98. The molecule has 0 aliphatic carbocycles. The summed E-state index contributed by atoms with van der Waals surface area (Å²) in [4.78, 5) is 18.6. The number of rotatable bonds is 6. The molecular weight excluding hydrogens is 415 g/mol. The van der Waals surface area contributed by atoms with Gasteiger partial charge in [0, 0.05) is 22.7 Å². The van der Waals surface area contributed by atoms with Crippen LogP contribution in [-0.4, -0.2) is 50.2 Å². The van der Waals surface area contributed by atoms with E-state index in [2.05, 4.69) is 4.98 Å². The summed E-state index contributed by atoms with van der Waals surface area (Å²) in [7, 11) is 3.69. The van der Waals surface area contributed by atoms with Crippen molar-refractivity contribution in [3.63, 3.8) is 0 Å². The summed E-state index contributed by atoms with van der Waals surface area (Å²) in [6, 6.07) is 4.48. The van der Waals surface area contributed by atoms with Crippen LogP contribution in [0.25, 0.3) is 11.5 Å². The lowest BCUT2D eigenvalue weighted by Crippen LogP contribution is -2.28. The molecule has 0 spiro atoms. The molecule has 1 aromatic carbocycles. The first-order valence-electron chi connectivity index (χ1n) is 9.13. The number of nitriles is 1. The number of oxazole rings is 1. The van der Waals surface area contributed by atoms with Crippen molar-refractivity contribution in [2.24, 2.45) is 0 Å². The molecule has 0 aliphatic heterocycles. The lowest BCUT2D eigenvalue weighted by molar-refractivity contribution is 0.149. The molecule has 1 aromatic heterocycles. The highest BCUT2D eigenvalue weighted by Gasteiger charge is 2.25. The van der Waals surface area contributed by atoms with Crippen LogP contribution in [0.15, 0.2) is 16.5 Å². The van der Waals surface area contributed by atoms with E-state index in [1.807, 2.05) is 19.0 Å². The first-order chi connectivity index (χ1) is 14.0. The third-order valence-corrected chi connectivity index (χ3v) is 4.32. The van der Waals surface area contributed by atoms with Crippen molar-refractivity contribution in [1.29, 1.82) is 5.26 Å². The second-order valence-corrected chi connectivity index (χ2v) is 6.86. The molecule has 0 aliphatic rings. The quantitative estimate of drug-likeness (QED) is 0.484. The standard InChI is InChI=1S/C17H17Cl3N4O3/c1-23(2)5-4-6-26-17(25)24(3)16-13(9-21)22-15(27-16)11-7-10(18)8-12(19)14(11)20/h7-8H,4-6H2,1-3H3/i3D3. The van der Waals surface area contributed by atoms with Gasteiger partial charge in [0.25, 0.3) is 0 Å². The Bertz CT molecular complexity index is 974. The van der Waals surface area contributed by atoms with Crippen LogP contribution in [0.1, 0.15) is 16.2 Å². The molecule has 2 aromatic rings. The largest absolute Gasteiger partial charge is 0.449 e. The number of hydrogen-bond donors (Lipinski definition) is 0. The zero-order valence-electron chi connectivity index (χ0n) is 17.4. The summed E-state index contributed by atoms with van der Waals surface area (Å²) >= 11 is 18.1. The number of benzene rings is 1. The van der Waals surface area contributed by atoms with Gasteiger partial charge in [0.2, 0.25) is 17.5 Å². The molecule has 0 radical (unpaired) electrons. The van der Waals surface area contributed by atoms with Crippen LogP contribution in [0.3, 0.4) is 0 Å². The predicted octanol–water partition coefficient (Wildman–Crippen LogP) is 4.70. The Kier molecular flexibility index (Phi) is 5.90. The molecule has 27 heavy (non-hydrogen) atoms.